The smallest absolute Gasteiger partial charge is 0.0137 e. The van der Waals surface area contributed by atoms with Crippen LogP contribution >= 0.6 is 0 Å². The van der Waals surface area contributed by atoms with Gasteiger partial charge in [0, 0.05) is 12.6 Å². The molecule has 1 saturated carbocycles. The van der Waals surface area contributed by atoms with Crippen molar-refractivity contribution in [2.24, 2.45) is 0 Å². The maximum Gasteiger partial charge on any atom is 0.0137 e. The second-order valence-electron chi connectivity index (χ2n) is 4.31. The van der Waals surface area contributed by atoms with Crippen molar-refractivity contribution in [3.8, 4) is 0 Å². The summed E-state index contributed by atoms with van der Waals surface area (Å²) >= 11 is 0. The lowest BCUT2D eigenvalue weighted by Crippen LogP contribution is -2.15. The number of hydrogen-bond acceptors (Lipinski definition) is 1. The van der Waals surface area contributed by atoms with Crippen LogP contribution < -0.4 is 5.32 Å². The minimum Gasteiger partial charge on any atom is -0.311 e. The van der Waals surface area contributed by atoms with E-state index >= 15 is 0 Å². The van der Waals surface area contributed by atoms with Crippen molar-refractivity contribution < 1.29 is 0 Å². The second kappa shape index (κ2) is 5.13. The molecule has 0 radical (unpaired) electrons. The first kappa shape index (κ1) is 10.4. The lowest BCUT2D eigenvalue weighted by atomic mass is 10.0. The summed E-state index contributed by atoms with van der Waals surface area (Å²) in [5.74, 6) is 0.521. The molecule has 15 heavy (non-hydrogen) atoms. The predicted octanol–water partition coefficient (Wildman–Crippen LogP) is 3.10. The van der Waals surface area contributed by atoms with Crippen LogP contribution in [0.5, 0.6) is 0 Å². The summed E-state index contributed by atoms with van der Waals surface area (Å²) in [5, 5.41) is 3.48. The molecule has 1 atom stereocenters. The van der Waals surface area contributed by atoms with Gasteiger partial charge in [0.05, 0.1) is 0 Å². The van der Waals surface area contributed by atoms with Gasteiger partial charge in [-0.2, -0.15) is 0 Å². The van der Waals surface area contributed by atoms with Crippen molar-refractivity contribution in [1.29, 1.82) is 0 Å². The Labute approximate surface area is 92.2 Å². The van der Waals surface area contributed by atoms with E-state index in [1.807, 2.05) is 0 Å². The van der Waals surface area contributed by atoms with Crippen LogP contribution in [0, 0.1) is 0 Å². The van der Waals surface area contributed by atoms with E-state index in [1.54, 1.807) is 0 Å². The molecule has 1 aromatic rings. The maximum absolute atomic E-state index is 3.48. The summed E-state index contributed by atoms with van der Waals surface area (Å²) in [6.45, 7) is 3.25. The third kappa shape index (κ3) is 3.52. The SMILES string of the molecule is CC(/C=C/CNC1CC1)c1ccccc1. The second-order valence-corrected chi connectivity index (χ2v) is 4.31. The average molecular weight is 201 g/mol. The summed E-state index contributed by atoms with van der Waals surface area (Å²) in [7, 11) is 0. The van der Waals surface area contributed by atoms with Crippen LogP contribution in [0.4, 0.5) is 0 Å². The first-order valence-electron chi connectivity index (χ1n) is 5.81. The van der Waals surface area contributed by atoms with Crippen molar-refractivity contribution in [2.45, 2.75) is 31.7 Å². The molecule has 0 spiro atoms. The Morgan fingerprint density at radius 2 is 2.07 bits per heavy atom. The Kier molecular flexibility index (Phi) is 3.57. The Balaban J connectivity index is 1.77. The number of rotatable bonds is 5. The monoisotopic (exact) mass is 201 g/mol. The quantitative estimate of drug-likeness (QED) is 0.722. The highest BCUT2D eigenvalue weighted by atomic mass is 14.9. The van der Waals surface area contributed by atoms with Gasteiger partial charge in [-0.15, -0.1) is 0 Å². The number of hydrogen-bond donors (Lipinski definition) is 1. The highest BCUT2D eigenvalue weighted by Gasteiger charge is 2.18. The number of benzene rings is 1. The van der Waals surface area contributed by atoms with Gasteiger partial charge >= 0.3 is 0 Å². The van der Waals surface area contributed by atoms with Crippen molar-refractivity contribution in [2.75, 3.05) is 6.54 Å². The van der Waals surface area contributed by atoms with Gasteiger partial charge in [0.1, 0.15) is 0 Å². The molecular formula is C14H19N. The van der Waals surface area contributed by atoms with Crippen LogP contribution in [0.1, 0.15) is 31.2 Å². The van der Waals surface area contributed by atoms with Gasteiger partial charge in [-0.3, -0.25) is 0 Å². The van der Waals surface area contributed by atoms with E-state index in [4.69, 9.17) is 0 Å². The highest BCUT2D eigenvalue weighted by molar-refractivity contribution is 5.22. The number of allylic oxidation sites excluding steroid dienone is 1. The van der Waals surface area contributed by atoms with Crippen LogP contribution in [0.15, 0.2) is 42.5 Å². The van der Waals surface area contributed by atoms with Gasteiger partial charge in [-0.1, -0.05) is 49.4 Å². The van der Waals surface area contributed by atoms with Crippen molar-refractivity contribution in [3.63, 3.8) is 0 Å². The van der Waals surface area contributed by atoms with Crippen molar-refractivity contribution >= 4 is 0 Å². The zero-order valence-electron chi connectivity index (χ0n) is 9.32. The Morgan fingerprint density at radius 1 is 1.33 bits per heavy atom. The first-order valence-corrected chi connectivity index (χ1v) is 5.81. The molecule has 1 heteroatoms. The Morgan fingerprint density at radius 3 is 2.73 bits per heavy atom. The molecule has 80 valence electrons. The van der Waals surface area contributed by atoms with E-state index in [9.17, 15) is 0 Å². The summed E-state index contributed by atoms with van der Waals surface area (Å²) < 4.78 is 0. The summed E-state index contributed by atoms with van der Waals surface area (Å²) in [6.07, 6.45) is 7.25. The molecule has 1 fully saturated rings. The zero-order chi connectivity index (χ0) is 10.5. The summed E-state index contributed by atoms with van der Waals surface area (Å²) in [4.78, 5) is 0. The fourth-order valence-electron chi connectivity index (χ4n) is 1.66. The van der Waals surface area contributed by atoms with E-state index < -0.39 is 0 Å². The van der Waals surface area contributed by atoms with E-state index in [0.29, 0.717) is 5.92 Å². The standard InChI is InChI=1S/C14H19N/c1-12(13-7-3-2-4-8-13)6-5-11-15-14-9-10-14/h2-8,12,14-15H,9-11H2,1H3/b6-5+. The molecule has 1 aliphatic rings. The van der Waals surface area contributed by atoms with Gasteiger partial charge < -0.3 is 5.32 Å². The van der Waals surface area contributed by atoms with Crippen molar-refractivity contribution in [1.82, 2.24) is 5.32 Å². The molecule has 1 N–H and O–H groups in total. The van der Waals surface area contributed by atoms with E-state index in [2.05, 4.69) is 54.7 Å². The van der Waals surface area contributed by atoms with Crippen molar-refractivity contribution in [3.05, 3.63) is 48.0 Å². The molecule has 0 saturated heterocycles. The van der Waals surface area contributed by atoms with Gasteiger partial charge in [-0.25, -0.2) is 0 Å². The van der Waals surface area contributed by atoms with Crippen LogP contribution in [0.2, 0.25) is 0 Å². The van der Waals surface area contributed by atoms with Crippen LogP contribution in [-0.4, -0.2) is 12.6 Å². The molecule has 1 unspecified atom stereocenters. The normalized spacial score (nSPS) is 18.2. The summed E-state index contributed by atoms with van der Waals surface area (Å²) in [5.41, 5.74) is 1.39. The third-order valence-electron chi connectivity index (χ3n) is 2.85. The third-order valence-corrected chi connectivity index (χ3v) is 2.85. The predicted molar refractivity (Wildman–Crippen MR) is 65.0 cm³/mol. The topological polar surface area (TPSA) is 12.0 Å². The van der Waals surface area contributed by atoms with E-state index in [0.717, 1.165) is 12.6 Å². The Bertz CT molecular complexity index is 311. The number of nitrogens with one attached hydrogen (secondary N) is 1. The molecule has 2 rings (SSSR count). The summed E-state index contributed by atoms with van der Waals surface area (Å²) in [6, 6.07) is 11.4. The fraction of sp³-hybridized carbons (Fsp3) is 0.429. The molecule has 0 bridgehead atoms. The van der Waals surface area contributed by atoms with Gasteiger partial charge in [0.15, 0.2) is 0 Å². The molecule has 1 aromatic carbocycles. The lowest BCUT2D eigenvalue weighted by molar-refractivity contribution is 0.750. The van der Waals surface area contributed by atoms with Gasteiger partial charge in [-0.05, 0) is 24.3 Å². The van der Waals surface area contributed by atoms with Gasteiger partial charge in [0.25, 0.3) is 0 Å². The largest absolute Gasteiger partial charge is 0.311 e. The zero-order valence-corrected chi connectivity index (χ0v) is 9.32. The first-order chi connectivity index (χ1) is 7.36. The molecular weight excluding hydrogens is 182 g/mol. The fourth-order valence-corrected chi connectivity index (χ4v) is 1.66. The van der Waals surface area contributed by atoms with Gasteiger partial charge in [0.2, 0.25) is 0 Å². The maximum atomic E-state index is 3.48. The average Bonchev–Trinajstić information content (AvgIpc) is 3.09. The molecule has 1 aliphatic carbocycles. The molecule has 0 aromatic heterocycles. The molecule has 0 amide bonds. The molecule has 0 heterocycles. The minimum atomic E-state index is 0.521. The van der Waals surface area contributed by atoms with E-state index in [-0.39, 0.29) is 0 Å². The molecule has 1 nitrogen and oxygen atoms in total. The molecule has 0 aliphatic heterocycles. The van der Waals surface area contributed by atoms with E-state index in [1.165, 1.54) is 18.4 Å². The Hall–Kier alpha value is -1.08. The van der Waals surface area contributed by atoms with Crippen LogP contribution in [-0.2, 0) is 0 Å². The van der Waals surface area contributed by atoms with Crippen LogP contribution in [0.3, 0.4) is 0 Å². The lowest BCUT2D eigenvalue weighted by Gasteiger charge is -2.05. The highest BCUT2D eigenvalue weighted by Crippen LogP contribution is 2.18. The van der Waals surface area contributed by atoms with Crippen LogP contribution in [0.25, 0.3) is 0 Å². The minimum absolute atomic E-state index is 0.521.